The van der Waals surface area contributed by atoms with Gasteiger partial charge < -0.3 is 9.84 Å². The van der Waals surface area contributed by atoms with Crippen LogP contribution < -0.4 is 0 Å². The van der Waals surface area contributed by atoms with Crippen LogP contribution in [0.2, 0.25) is 0 Å². The van der Waals surface area contributed by atoms with Crippen molar-refractivity contribution in [1.82, 2.24) is 0 Å². The van der Waals surface area contributed by atoms with Gasteiger partial charge in [0.15, 0.2) is 0 Å². The largest absolute Gasteiger partial charge is 0.507 e. The third-order valence-corrected chi connectivity index (χ3v) is 3.87. The molecule has 0 aromatic heterocycles. The highest BCUT2D eigenvalue weighted by molar-refractivity contribution is 5.69. The summed E-state index contributed by atoms with van der Waals surface area (Å²) in [6.45, 7) is 4.33. The lowest BCUT2D eigenvalue weighted by molar-refractivity contribution is -0.140. The van der Waals surface area contributed by atoms with Crippen molar-refractivity contribution in [1.29, 1.82) is 0 Å². The third kappa shape index (κ3) is 5.41. The number of hydrogen-bond donors (Lipinski definition) is 1. The second-order valence-electron chi connectivity index (χ2n) is 5.49. The molecule has 0 aliphatic rings. The van der Waals surface area contributed by atoms with Crippen LogP contribution in [-0.2, 0) is 28.8 Å². The summed E-state index contributed by atoms with van der Waals surface area (Å²) >= 11 is 0. The van der Waals surface area contributed by atoms with Crippen LogP contribution in [0.1, 0.15) is 62.6 Å². The Hall–Kier alpha value is -1.51. The van der Waals surface area contributed by atoms with Crippen LogP contribution in [0.3, 0.4) is 0 Å². The fourth-order valence-corrected chi connectivity index (χ4v) is 2.50. The van der Waals surface area contributed by atoms with Crippen molar-refractivity contribution in [2.45, 2.75) is 65.2 Å². The zero-order valence-corrected chi connectivity index (χ0v) is 13.6. The molecule has 0 bridgehead atoms. The van der Waals surface area contributed by atoms with E-state index in [2.05, 4.69) is 24.7 Å². The second kappa shape index (κ2) is 9.43. The third-order valence-electron chi connectivity index (χ3n) is 3.87. The average Bonchev–Trinajstić information content (AvgIpc) is 2.50. The number of carbonyl (C=O) groups excluding carboxylic acids is 1. The Balaban J connectivity index is 2.92. The fraction of sp³-hybridized carbons (Fsp3) is 0.611. The van der Waals surface area contributed by atoms with E-state index in [0.717, 1.165) is 49.7 Å². The van der Waals surface area contributed by atoms with Gasteiger partial charge in [-0.3, -0.25) is 4.79 Å². The van der Waals surface area contributed by atoms with Crippen LogP contribution >= 0.6 is 0 Å². The highest BCUT2D eigenvalue weighted by atomic mass is 16.5. The molecule has 0 unspecified atom stereocenters. The van der Waals surface area contributed by atoms with Gasteiger partial charge in [-0.25, -0.2) is 0 Å². The Labute approximate surface area is 128 Å². The van der Waals surface area contributed by atoms with Crippen molar-refractivity contribution in [2.75, 3.05) is 7.11 Å². The number of unbranched alkanes of at least 4 members (excludes halogenated alkanes) is 2. The molecule has 0 radical (unpaired) electrons. The molecule has 1 rings (SSSR count). The Morgan fingerprint density at radius 1 is 1.05 bits per heavy atom. The highest BCUT2D eigenvalue weighted by Gasteiger charge is 2.13. The summed E-state index contributed by atoms with van der Waals surface area (Å²) in [4.78, 5) is 11.3. The van der Waals surface area contributed by atoms with Crippen molar-refractivity contribution in [3.63, 3.8) is 0 Å². The Bertz CT molecular complexity index is 452. The number of phenols is 1. The number of phenolic OH excluding ortho intramolecular Hbond substituents is 1. The van der Waals surface area contributed by atoms with E-state index in [4.69, 9.17) is 0 Å². The minimum absolute atomic E-state index is 0.237. The topological polar surface area (TPSA) is 46.5 Å². The Kier molecular flexibility index (Phi) is 7.88. The van der Waals surface area contributed by atoms with Crippen LogP contribution in [0, 0.1) is 0 Å². The van der Waals surface area contributed by atoms with Gasteiger partial charge in [0, 0.05) is 6.42 Å². The quantitative estimate of drug-likeness (QED) is 0.694. The molecule has 118 valence electrons. The number of methoxy groups -OCH3 is 1. The predicted octanol–water partition coefficient (Wildman–Crippen LogP) is 4.18. The van der Waals surface area contributed by atoms with Crippen LogP contribution in [0.4, 0.5) is 0 Å². The van der Waals surface area contributed by atoms with Crippen LogP contribution in [0.15, 0.2) is 12.1 Å². The maximum absolute atomic E-state index is 11.3. The molecule has 0 spiro atoms. The number of hydrogen-bond acceptors (Lipinski definition) is 3. The van der Waals surface area contributed by atoms with E-state index in [1.807, 2.05) is 6.07 Å². The first-order valence-electron chi connectivity index (χ1n) is 8.03. The summed E-state index contributed by atoms with van der Waals surface area (Å²) in [7, 11) is 1.39. The summed E-state index contributed by atoms with van der Waals surface area (Å²) in [5.41, 5.74) is 3.18. The monoisotopic (exact) mass is 292 g/mol. The molecule has 0 heterocycles. The zero-order valence-electron chi connectivity index (χ0n) is 13.6. The predicted molar refractivity (Wildman–Crippen MR) is 85.7 cm³/mol. The number of aryl methyl sites for hydroxylation is 2. The molecule has 0 fully saturated rings. The van der Waals surface area contributed by atoms with Crippen LogP contribution in [0.25, 0.3) is 0 Å². The Morgan fingerprint density at radius 2 is 1.67 bits per heavy atom. The SMILES string of the molecule is CCCCc1ccc(CCC(=O)OC)c(O)c1CCCC. The Morgan fingerprint density at radius 3 is 2.29 bits per heavy atom. The van der Waals surface area contributed by atoms with Gasteiger partial charge in [-0.1, -0.05) is 38.8 Å². The number of carbonyl (C=O) groups is 1. The van der Waals surface area contributed by atoms with Gasteiger partial charge in [0.1, 0.15) is 5.75 Å². The molecule has 0 aliphatic heterocycles. The van der Waals surface area contributed by atoms with E-state index >= 15 is 0 Å². The van der Waals surface area contributed by atoms with Gasteiger partial charge in [0.2, 0.25) is 0 Å². The fourth-order valence-electron chi connectivity index (χ4n) is 2.50. The van der Waals surface area contributed by atoms with Gasteiger partial charge in [-0.15, -0.1) is 0 Å². The average molecular weight is 292 g/mol. The van der Waals surface area contributed by atoms with E-state index in [9.17, 15) is 9.90 Å². The molecule has 1 aromatic rings. The molecular weight excluding hydrogens is 264 g/mol. The van der Waals surface area contributed by atoms with E-state index in [-0.39, 0.29) is 5.97 Å². The molecule has 0 aliphatic carbocycles. The molecule has 21 heavy (non-hydrogen) atoms. The van der Waals surface area contributed by atoms with Crippen LogP contribution in [0.5, 0.6) is 5.75 Å². The zero-order chi connectivity index (χ0) is 15.7. The van der Waals surface area contributed by atoms with Crippen LogP contribution in [-0.4, -0.2) is 18.2 Å². The number of ether oxygens (including phenoxy) is 1. The summed E-state index contributed by atoms with van der Waals surface area (Å²) in [5, 5.41) is 10.5. The van der Waals surface area contributed by atoms with Gasteiger partial charge in [-0.05, 0) is 48.8 Å². The molecule has 1 N–H and O–H groups in total. The lowest BCUT2D eigenvalue weighted by atomic mass is 9.93. The molecule has 0 saturated carbocycles. The van der Waals surface area contributed by atoms with Crippen molar-refractivity contribution in [3.8, 4) is 5.75 Å². The van der Waals surface area contributed by atoms with Crippen molar-refractivity contribution in [3.05, 3.63) is 28.8 Å². The van der Waals surface area contributed by atoms with Gasteiger partial charge in [-0.2, -0.15) is 0 Å². The van der Waals surface area contributed by atoms with Crippen molar-refractivity contribution >= 4 is 5.97 Å². The van der Waals surface area contributed by atoms with E-state index in [1.165, 1.54) is 12.7 Å². The molecule has 3 nitrogen and oxygen atoms in total. The summed E-state index contributed by atoms with van der Waals surface area (Å²) in [5.74, 6) is 0.153. The first-order valence-corrected chi connectivity index (χ1v) is 8.03. The number of aromatic hydroxyl groups is 1. The lowest BCUT2D eigenvalue weighted by Gasteiger charge is -2.15. The maximum Gasteiger partial charge on any atom is 0.305 e. The standard InChI is InChI=1S/C18H28O3/c1-4-6-8-14-10-11-15(12-13-17(19)21-3)18(20)16(14)9-7-5-2/h10-11,20H,4-9,12-13H2,1-3H3. The van der Waals surface area contributed by atoms with E-state index < -0.39 is 0 Å². The highest BCUT2D eigenvalue weighted by Crippen LogP contribution is 2.30. The number of esters is 1. The van der Waals surface area contributed by atoms with Crippen molar-refractivity contribution in [2.24, 2.45) is 0 Å². The van der Waals surface area contributed by atoms with E-state index in [0.29, 0.717) is 18.6 Å². The first-order chi connectivity index (χ1) is 10.1. The molecule has 3 heteroatoms. The van der Waals surface area contributed by atoms with Gasteiger partial charge in [0.05, 0.1) is 7.11 Å². The molecule has 0 saturated heterocycles. The van der Waals surface area contributed by atoms with Gasteiger partial charge >= 0.3 is 5.97 Å². The summed E-state index contributed by atoms with van der Waals surface area (Å²) in [6.07, 6.45) is 7.25. The van der Waals surface area contributed by atoms with Gasteiger partial charge in [0.25, 0.3) is 0 Å². The second-order valence-corrected chi connectivity index (χ2v) is 5.49. The maximum atomic E-state index is 11.3. The lowest BCUT2D eigenvalue weighted by Crippen LogP contribution is -2.04. The van der Waals surface area contributed by atoms with E-state index in [1.54, 1.807) is 0 Å². The smallest absolute Gasteiger partial charge is 0.305 e. The normalized spacial score (nSPS) is 10.6. The number of benzene rings is 1. The molecule has 0 amide bonds. The summed E-state index contributed by atoms with van der Waals surface area (Å²) in [6, 6.07) is 4.08. The van der Waals surface area contributed by atoms with Crippen molar-refractivity contribution < 1.29 is 14.6 Å². The molecule has 1 aromatic carbocycles. The summed E-state index contributed by atoms with van der Waals surface area (Å²) < 4.78 is 4.66. The number of rotatable bonds is 9. The minimum atomic E-state index is -0.237. The molecular formula is C18H28O3. The molecule has 0 atom stereocenters. The first kappa shape index (κ1) is 17.5. The minimum Gasteiger partial charge on any atom is -0.507 e.